The van der Waals surface area contributed by atoms with Crippen LogP contribution in [0.4, 0.5) is 4.39 Å². The van der Waals surface area contributed by atoms with Gasteiger partial charge in [-0.1, -0.05) is 17.7 Å². The van der Waals surface area contributed by atoms with Crippen LogP contribution in [0, 0.1) is 0 Å². The molecular formula is C8H11F. The van der Waals surface area contributed by atoms with Crippen LogP contribution < -0.4 is 0 Å². The minimum atomic E-state index is -1.10. The Balaban J connectivity index is 2.73. The van der Waals surface area contributed by atoms with E-state index in [1.807, 2.05) is 13.0 Å². The SMILES string of the molecule is CC1=CC=CC(C)(F)C1. The van der Waals surface area contributed by atoms with Crippen LogP contribution in [-0.4, -0.2) is 5.67 Å². The minimum absolute atomic E-state index is 0.545. The number of rotatable bonds is 0. The van der Waals surface area contributed by atoms with E-state index >= 15 is 0 Å². The van der Waals surface area contributed by atoms with Gasteiger partial charge in [0, 0.05) is 6.42 Å². The second-order valence-electron chi connectivity index (χ2n) is 2.83. The van der Waals surface area contributed by atoms with Crippen LogP contribution in [-0.2, 0) is 0 Å². The topological polar surface area (TPSA) is 0 Å². The molecule has 0 nitrogen and oxygen atoms in total. The Labute approximate surface area is 55.1 Å². The Morgan fingerprint density at radius 2 is 2.33 bits per heavy atom. The number of hydrogen-bond acceptors (Lipinski definition) is 0. The van der Waals surface area contributed by atoms with Crippen LogP contribution in [0.2, 0.25) is 0 Å². The van der Waals surface area contributed by atoms with Crippen LogP contribution in [0.1, 0.15) is 20.3 Å². The molecule has 0 aromatic heterocycles. The van der Waals surface area contributed by atoms with Crippen molar-refractivity contribution in [2.45, 2.75) is 25.9 Å². The fourth-order valence-electron chi connectivity index (χ4n) is 1.08. The van der Waals surface area contributed by atoms with Gasteiger partial charge in [-0.15, -0.1) is 0 Å². The summed E-state index contributed by atoms with van der Waals surface area (Å²) >= 11 is 0. The molecule has 0 fully saturated rings. The van der Waals surface area contributed by atoms with Crippen molar-refractivity contribution in [3.05, 3.63) is 23.8 Å². The molecule has 1 heteroatoms. The van der Waals surface area contributed by atoms with Crippen LogP contribution in [0.15, 0.2) is 23.8 Å². The summed E-state index contributed by atoms with van der Waals surface area (Å²) in [6.45, 7) is 3.54. The van der Waals surface area contributed by atoms with Crippen molar-refractivity contribution in [2.75, 3.05) is 0 Å². The van der Waals surface area contributed by atoms with Crippen LogP contribution in [0.3, 0.4) is 0 Å². The molecule has 0 aromatic rings. The lowest BCUT2D eigenvalue weighted by molar-refractivity contribution is 0.254. The molecule has 50 valence electrons. The van der Waals surface area contributed by atoms with Gasteiger partial charge in [0.2, 0.25) is 0 Å². The molecule has 0 spiro atoms. The van der Waals surface area contributed by atoms with Crippen LogP contribution >= 0.6 is 0 Å². The maximum atomic E-state index is 13.0. The zero-order valence-electron chi connectivity index (χ0n) is 5.82. The summed E-state index contributed by atoms with van der Waals surface area (Å²) < 4.78 is 13.0. The predicted molar refractivity (Wildman–Crippen MR) is 37.0 cm³/mol. The third-order valence-electron chi connectivity index (χ3n) is 1.45. The zero-order chi connectivity index (χ0) is 6.91. The van der Waals surface area contributed by atoms with Gasteiger partial charge in [0.15, 0.2) is 0 Å². The van der Waals surface area contributed by atoms with Crippen molar-refractivity contribution < 1.29 is 4.39 Å². The maximum Gasteiger partial charge on any atom is 0.130 e. The predicted octanol–water partition coefficient (Wildman–Crippen LogP) is 2.62. The smallest absolute Gasteiger partial charge is 0.130 e. The lowest BCUT2D eigenvalue weighted by atomic mass is 9.94. The molecular weight excluding hydrogens is 115 g/mol. The molecule has 0 amide bonds. The molecule has 0 saturated carbocycles. The second kappa shape index (κ2) is 1.98. The van der Waals surface area contributed by atoms with Gasteiger partial charge in [0.25, 0.3) is 0 Å². The largest absolute Gasteiger partial charge is 0.239 e. The second-order valence-corrected chi connectivity index (χ2v) is 2.83. The fourth-order valence-corrected chi connectivity index (χ4v) is 1.08. The average Bonchev–Trinajstić information content (AvgIpc) is 1.60. The minimum Gasteiger partial charge on any atom is -0.239 e. The van der Waals surface area contributed by atoms with Gasteiger partial charge >= 0.3 is 0 Å². The van der Waals surface area contributed by atoms with E-state index in [-0.39, 0.29) is 0 Å². The van der Waals surface area contributed by atoms with Crippen molar-refractivity contribution in [1.29, 1.82) is 0 Å². The molecule has 1 rings (SSSR count). The number of hydrogen-bond donors (Lipinski definition) is 0. The van der Waals surface area contributed by atoms with E-state index in [0.29, 0.717) is 6.42 Å². The van der Waals surface area contributed by atoms with Gasteiger partial charge in [-0.25, -0.2) is 4.39 Å². The highest BCUT2D eigenvalue weighted by Crippen LogP contribution is 2.25. The van der Waals surface area contributed by atoms with E-state index in [0.717, 1.165) is 5.57 Å². The number of allylic oxidation sites excluding steroid dienone is 4. The first-order valence-electron chi connectivity index (χ1n) is 3.14. The van der Waals surface area contributed by atoms with E-state index in [4.69, 9.17) is 0 Å². The van der Waals surface area contributed by atoms with Crippen LogP contribution in [0.25, 0.3) is 0 Å². The van der Waals surface area contributed by atoms with Gasteiger partial charge in [-0.3, -0.25) is 0 Å². The number of halogens is 1. The monoisotopic (exact) mass is 126 g/mol. The summed E-state index contributed by atoms with van der Waals surface area (Å²) in [4.78, 5) is 0. The first-order chi connectivity index (χ1) is 4.10. The maximum absolute atomic E-state index is 13.0. The summed E-state index contributed by atoms with van der Waals surface area (Å²) in [6, 6.07) is 0. The van der Waals surface area contributed by atoms with E-state index in [9.17, 15) is 4.39 Å². The molecule has 1 atom stereocenters. The summed E-state index contributed by atoms with van der Waals surface area (Å²) in [5.41, 5.74) is 0.0150. The van der Waals surface area contributed by atoms with Gasteiger partial charge in [0.05, 0.1) is 0 Å². The standard InChI is InChI=1S/C8H11F/c1-7-4-3-5-8(2,9)6-7/h3-5H,6H2,1-2H3. The molecule has 0 bridgehead atoms. The molecule has 0 aliphatic heterocycles. The number of alkyl halides is 1. The molecule has 1 unspecified atom stereocenters. The summed E-state index contributed by atoms with van der Waals surface area (Å²) in [7, 11) is 0. The summed E-state index contributed by atoms with van der Waals surface area (Å²) in [5.74, 6) is 0. The van der Waals surface area contributed by atoms with Crippen molar-refractivity contribution in [3.63, 3.8) is 0 Å². The fraction of sp³-hybridized carbons (Fsp3) is 0.500. The molecule has 0 radical (unpaired) electrons. The quantitative estimate of drug-likeness (QED) is 0.468. The third-order valence-corrected chi connectivity index (χ3v) is 1.45. The Kier molecular flexibility index (Phi) is 1.43. The molecule has 0 saturated heterocycles. The first-order valence-corrected chi connectivity index (χ1v) is 3.14. The lowest BCUT2D eigenvalue weighted by Crippen LogP contribution is -2.16. The third kappa shape index (κ3) is 1.67. The lowest BCUT2D eigenvalue weighted by Gasteiger charge is -2.18. The van der Waals surface area contributed by atoms with E-state index < -0.39 is 5.67 Å². The Bertz CT molecular complexity index is 163. The van der Waals surface area contributed by atoms with Crippen molar-refractivity contribution in [1.82, 2.24) is 0 Å². The molecule has 9 heavy (non-hydrogen) atoms. The van der Waals surface area contributed by atoms with Gasteiger partial charge in [0.1, 0.15) is 5.67 Å². The van der Waals surface area contributed by atoms with Crippen molar-refractivity contribution >= 4 is 0 Å². The average molecular weight is 126 g/mol. The molecule has 0 N–H and O–H groups in total. The van der Waals surface area contributed by atoms with E-state index in [1.165, 1.54) is 0 Å². The van der Waals surface area contributed by atoms with Gasteiger partial charge in [-0.05, 0) is 19.9 Å². The highest BCUT2D eigenvalue weighted by Gasteiger charge is 2.20. The molecule has 1 aliphatic carbocycles. The highest BCUT2D eigenvalue weighted by molar-refractivity contribution is 5.22. The Hall–Kier alpha value is -0.590. The zero-order valence-corrected chi connectivity index (χ0v) is 5.82. The van der Waals surface area contributed by atoms with E-state index in [2.05, 4.69) is 0 Å². The van der Waals surface area contributed by atoms with Crippen molar-refractivity contribution in [3.8, 4) is 0 Å². The Morgan fingerprint density at radius 1 is 1.67 bits per heavy atom. The van der Waals surface area contributed by atoms with Crippen molar-refractivity contribution in [2.24, 2.45) is 0 Å². The first kappa shape index (κ1) is 6.53. The normalized spacial score (nSPS) is 34.3. The summed E-state index contributed by atoms with van der Waals surface area (Å²) in [6.07, 6.45) is 5.86. The van der Waals surface area contributed by atoms with Gasteiger partial charge in [-0.2, -0.15) is 0 Å². The highest BCUT2D eigenvalue weighted by atomic mass is 19.1. The summed E-state index contributed by atoms with van der Waals surface area (Å²) in [5, 5.41) is 0. The Morgan fingerprint density at radius 3 is 2.67 bits per heavy atom. The molecule has 0 aromatic carbocycles. The molecule has 0 heterocycles. The van der Waals surface area contributed by atoms with Gasteiger partial charge < -0.3 is 0 Å². The molecule has 1 aliphatic rings. The van der Waals surface area contributed by atoms with Crippen LogP contribution in [0.5, 0.6) is 0 Å². The van der Waals surface area contributed by atoms with E-state index in [1.54, 1.807) is 19.1 Å².